The fraction of sp³-hybridized carbons (Fsp3) is 0.296. The Morgan fingerprint density at radius 2 is 1.77 bits per heavy atom. The minimum absolute atomic E-state index is 0.0891. The van der Waals surface area contributed by atoms with Gasteiger partial charge in [-0.15, -0.1) is 0 Å². The average molecular weight is 512 g/mol. The van der Waals surface area contributed by atoms with Gasteiger partial charge in [-0.05, 0) is 91.9 Å². The predicted molar refractivity (Wildman–Crippen MR) is 142 cm³/mol. The second-order valence-corrected chi connectivity index (χ2v) is 11.3. The van der Waals surface area contributed by atoms with Gasteiger partial charge < -0.3 is 5.32 Å². The summed E-state index contributed by atoms with van der Waals surface area (Å²) in [6.45, 7) is 7.16. The Hall–Kier alpha value is -2.87. The molecule has 0 aliphatic carbocycles. The van der Waals surface area contributed by atoms with Gasteiger partial charge in [-0.25, -0.2) is 8.42 Å². The van der Waals surface area contributed by atoms with E-state index in [4.69, 9.17) is 11.6 Å². The van der Waals surface area contributed by atoms with Crippen molar-refractivity contribution < 1.29 is 13.2 Å². The number of carbonyl (C=O) groups excluding carboxylic acids is 1. The lowest BCUT2D eigenvalue weighted by Gasteiger charge is -2.30. The van der Waals surface area contributed by atoms with Crippen LogP contribution in [0.2, 0.25) is 5.02 Å². The molecule has 184 valence electrons. The molecule has 0 saturated carbocycles. The minimum Gasteiger partial charge on any atom is -0.322 e. The molecule has 3 aromatic rings. The molecule has 1 saturated heterocycles. The van der Waals surface area contributed by atoms with Gasteiger partial charge in [0.2, 0.25) is 0 Å². The number of amides is 1. The van der Waals surface area contributed by atoms with Crippen molar-refractivity contribution in [1.82, 2.24) is 4.90 Å². The molecule has 0 unspecified atom stereocenters. The van der Waals surface area contributed by atoms with Gasteiger partial charge in [0.05, 0.1) is 10.6 Å². The molecule has 2 N–H and O–H groups in total. The molecule has 1 heterocycles. The van der Waals surface area contributed by atoms with Gasteiger partial charge >= 0.3 is 0 Å². The average Bonchev–Trinajstić information content (AvgIpc) is 2.83. The van der Waals surface area contributed by atoms with E-state index in [2.05, 4.69) is 21.9 Å². The predicted octanol–water partition coefficient (Wildman–Crippen LogP) is 5.93. The van der Waals surface area contributed by atoms with Crippen LogP contribution in [-0.4, -0.2) is 32.3 Å². The smallest absolute Gasteiger partial charge is 0.261 e. The summed E-state index contributed by atoms with van der Waals surface area (Å²) >= 11 is 6.09. The van der Waals surface area contributed by atoms with E-state index < -0.39 is 10.0 Å². The first kappa shape index (κ1) is 25.2. The van der Waals surface area contributed by atoms with Crippen LogP contribution in [-0.2, 0) is 16.6 Å². The van der Waals surface area contributed by atoms with Crippen molar-refractivity contribution >= 4 is 38.9 Å². The molecule has 1 fully saturated rings. The molecule has 6 nitrogen and oxygen atoms in total. The third-order valence-electron chi connectivity index (χ3n) is 6.30. The van der Waals surface area contributed by atoms with Crippen molar-refractivity contribution in [3.8, 4) is 0 Å². The third-order valence-corrected chi connectivity index (χ3v) is 8.09. The zero-order valence-corrected chi connectivity index (χ0v) is 21.5. The highest BCUT2D eigenvalue weighted by molar-refractivity contribution is 7.92. The molecular formula is C27H30ClN3O3S. The number of carbonyl (C=O) groups is 1. The van der Waals surface area contributed by atoms with Gasteiger partial charge in [-0.2, -0.15) is 0 Å². The van der Waals surface area contributed by atoms with Crippen LogP contribution >= 0.6 is 11.6 Å². The third kappa shape index (κ3) is 6.42. The molecule has 1 amide bonds. The van der Waals surface area contributed by atoms with Crippen molar-refractivity contribution in [2.45, 2.75) is 38.1 Å². The van der Waals surface area contributed by atoms with Crippen molar-refractivity contribution in [3.63, 3.8) is 0 Å². The van der Waals surface area contributed by atoms with Crippen molar-refractivity contribution in [1.29, 1.82) is 0 Å². The van der Waals surface area contributed by atoms with Crippen LogP contribution in [0.25, 0.3) is 0 Å². The van der Waals surface area contributed by atoms with Gasteiger partial charge in [0.1, 0.15) is 0 Å². The summed E-state index contributed by atoms with van der Waals surface area (Å²) in [6.07, 6.45) is 2.53. The number of piperidine rings is 1. The van der Waals surface area contributed by atoms with Gasteiger partial charge in [-0.3, -0.25) is 14.4 Å². The van der Waals surface area contributed by atoms with Gasteiger partial charge in [0.15, 0.2) is 0 Å². The monoisotopic (exact) mass is 511 g/mol. The second-order valence-electron chi connectivity index (χ2n) is 9.18. The van der Waals surface area contributed by atoms with Crippen LogP contribution in [0.5, 0.6) is 0 Å². The van der Waals surface area contributed by atoms with Gasteiger partial charge in [-0.1, -0.05) is 36.7 Å². The Balaban J connectivity index is 1.37. The number of nitrogens with zero attached hydrogens (tertiary/aromatic N) is 1. The van der Waals surface area contributed by atoms with E-state index in [1.54, 1.807) is 37.3 Å². The van der Waals surface area contributed by atoms with Crippen LogP contribution in [0.4, 0.5) is 11.4 Å². The van der Waals surface area contributed by atoms with E-state index in [0.717, 1.165) is 25.6 Å². The van der Waals surface area contributed by atoms with E-state index >= 15 is 0 Å². The highest BCUT2D eigenvalue weighted by Gasteiger charge is 2.18. The Kier molecular flexibility index (Phi) is 7.79. The standard InChI is InChI=1S/C27H30ClN3O3S/c1-19-5-4-16-31(17-19)18-21-8-10-22(11-9-21)27(32)29-23-12-14-24(15-13-23)35(33,34)30-26-7-3-6-25(28)20(26)2/h3,6-15,19,30H,4-5,16-18H2,1-2H3,(H,29,32)/t19-/m0/s1. The Labute approximate surface area is 212 Å². The Bertz CT molecular complexity index is 1290. The number of rotatable bonds is 7. The van der Waals surface area contributed by atoms with Crippen molar-refractivity contribution in [2.24, 2.45) is 5.92 Å². The summed E-state index contributed by atoms with van der Waals surface area (Å²) in [6, 6.07) is 18.8. The number of halogens is 1. The van der Waals surface area contributed by atoms with Crippen LogP contribution in [0, 0.1) is 12.8 Å². The summed E-state index contributed by atoms with van der Waals surface area (Å²) in [4.78, 5) is 15.2. The van der Waals surface area contributed by atoms with Crippen molar-refractivity contribution in [3.05, 3.63) is 88.4 Å². The number of hydrogen-bond acceptors (Lipinski definition) is 4. The molecule has 0 aromatic heterocycles. The largest absolute Gasteiger partial charge is 0.322 e. The lowest BCUT2D eigenvalue weighted by Crippen LogP contribution is -2.33. The molecule has 8 heteroatoms. The number of anilines is 2. The number of likely N-dealkylation sites (tertiary alicyclic amines) is 1. The Morgan fingerprint density at radius 3 is 2.46 bits per heavy atom. The summed E-state index contributed by atoms with van der Waals surface area (Å²) < 4.78 is 28.1. The normalized spacial score (nSPS) is 16.6. The molecular weight excluding hydrogens is 482 g/mol. The summed E-state index contributed by atoms with van der Waals surface area (Å²) in [5.41, 5.74) is 3.33. The number of benzene rings is 3. The minimum atomic E-state index is -3.80. The SMILES string of the molecule is Cc1c(Cl)cccc1NS(=O)(=O)c1ccc(NC(=O)c2ccc(CN3CCC[C@H](C)C3)cc2)cc1. The van der Waals surface area contributed by atoms with E-state index in [1.807, 2.05) is 24.3 Å². The molecule has 0 radical (unpaired) electrons. The zero-order valence-electron chi connectivity index (χ0n) is 19.9. The van der Waals surface area contributed by atoms with E-state index in [-0.39, 0.29) is 10.8 Å². The molecule has 4 rings (SSSR count). The van der Waals surface area contributed by atoms with Crippen LogP contribution in [0.15, 0.2) is 71.6 Å². The van der Waals surface area contributed by atoms with E-state index in [0.29, 0.717) is 27.5 Å². The first-order valence-electron chi connectivity index (χ1n) is 11.7. The molecule has 3 aromatic carbocycles. The molecule has 1 aliphatic heterocycles. The quantitative estimate of drug-likeness (QED) is 0.412. The van der Waals surface area contributed by atoms with Gasteiger partial charge in [0, 0.05) is 29.4 Å². The molecule has 0 spiro atoms. The maximum atomic E-state index is 12.8. The van der Waals surface area contributed by atoms with Crippen LogP contribution in [0.1, 0.15) is 41.3 Å². The maximum absolute atomic E-state index is 12.8. The summed E-state index contributed by atoms with van der Waals surface area (Å²) in [7, 11) is -3.80. The first-order chi connectivity index (χ1) is 16.7. The topological polar surface area (TPSA) is 78.5 Å². The fourth-order valence-electron chi connectivity index (χ4n) is 4.29. The van der Waals surface area contributed by atoms with Crippen LogP contribution < -0.4 is 10.0 Å². The van der Waals surface area contributed by atoms with E-state index in [1.165, 1.54) is 30.5 Å². The summed E-state index contributed by atoms with van der Waals surface area (Å²) in [5.74, 6) is 0.485. The van der Waals surface area contributed by atoms with Crippen LogP contribution in [0.3, 0.4) is 0 Å². The first-order valence-corrected chi connectivity index (χ1v) is 13.6. The van der Waals surface area contributed by atoms with Gasteiger partial charge in [0.25, 0.3) is 15.9 Å². The number of nitrogens with one attached hydrogen (secondary N) is 2. The van der Waals surface area contributed by atoms with E-state index in [9.17, 15) is 13.2 Å². The Morgan fingerprint density at radius 1 is 1.06 bits per heavy atom. The zero-order chi connectivity index (χ0) is 25.0. The molecule has 35 heavy (non-hydrogen) atoms. The maximum Gasteiger partial charge on any atom is 0.261 e. The molecule has 0 bridgehead atoms. The highest BCUT2D eigenvalue weighted by Crippen LogP contribution is 2.26. The number of hydrogen-bond donors (Lipinski definition) is 2. The molecule has 1 aliphatic rings. The molecule has 1 atom stereocenters. The summed E-state index contributed by atoms with van der Waals surface area (Å²) in [5, 5.41) is 3.31. The van der Waals surface area contributed by atoms with Crippen molar-refractivity contribution in [2.75, 3.05) is 23.1 Å². The lowest BCUT2D eigenvalue weighted by molar-refractivity contribution is 0.102. The second kappa shape index (κ2) is 10.8. The highest BCUT2D eigenvalue weighted by atomic mass is 35.5. The fourth-order valence-corrected chi connectivity index (χ4v) is 5.59. The lowest BCUT2D eigenvalue weighted by atomic mass is 9.99. The number of sulfonamides is 1.